The summed E-state index contributed by atoms with van der Waals surface area (Å²) in [5.74, 6) is -0.743. The normalized spacial score (nSPS) is 23.2. The number of fused-ring (bicyclic) bond motifs is 1. The molecule has 0 aliphatic carbocycles. The first kappa shape index (κ1) is 18.7. The summed E-state index contributed by atoms with van der Waals surface area (Å²) in [4.78, 5) is 40.1. The first-order valence-electron chi connectivity index (χ1n) is 8.87. The van der Waals surface area contributed by atoms with Crippen LogP contribution in [0.5, 0.6) is 0 Å². The van der Waals surface area contributed by atoms with Crippen LogP contribution in [0.1, 0.15) is 35.2 Å². The summed E-state index contributed by atoms with van der Waals surface area (Å²) in [6, 6.07) is 5.39. The van der Waals surface area contributed by atoms with Crippen molar-refractivity contribution in [2.24, 2.45) is 0 Å². The lowest BCUT2D eigenvalue weighted by Crippen LogP contribution is -2.52. The van der Waals surface area contributed by atoms with Gasteiger partial charge in [0, 0.05) is 43.9 Å². The first-order chi connectivity index (χ1) is 12.1. The summed E-state index contributed by atoms with van der Waals surface area (Å²) in [5.41, 5.74) is 2.76. The van der Waals surface area contributed by atoms with Gasteiger partial charge in [-0.1, -0.05) is 0 Å². The van der Waals surface area contributed by atoms with Crippen LogP contribution in [0.4, 0.5) is 5.69 Å². The minimum Gasteiger partial charge on any atom is -0.370 e. The van der Waals surface area contributed by atoms with E-state index in [4.69, 9.17) is 0 Å². The maximum atomic E-state index is 12.7. The summed E-state index contributed by atoms with van der Waals surface area (Å²) in [5, 5.41) is 5.73. The molecule has 1 aromatic rings. The number of carbonyl (C=O) groups is 3. The highest BCUT2D eigenvalue weighted by molar-refractivity contribution is 6.05. The molecule has 0 aromatic heterocycles. The number of anilines is 1. The van der Waals surface area contributed by atoms with E-state index in [0.29, 0.717) is 18.5 Å². The van der Waals surface area contributed by atoms with Gasteiger partial charge in [-0.25, -0.2) is 0 Å². The van der Waals surface area contributed by atoms with Gasteiger partial charge in [0.05, 0.1) is 0 Å². The summed E-state index contributed by atoms with van der Waals surface area (Å²) >= 11 is 0. The number of carbonyl (C=O) groups excluding carboxylic acids is 3. The highest BCUT2D eigenvalue weighted by Crippen LogP contribution is 2.30. The minimum atomic E-state index is -0.552. The van der Waals surface area contributed by atoms with E-state index in [0.717, 1.165) is 43.9 Å². The number of amides is 3. The van der Waals surface area contributed by atoms with Crippen molar-refractivity contribution in [3.63, 3.8) is 0 Å². The van der Waals surface area contributed by atoms with Crippen LogP contribution in [0.2, 0.25) is 0 Å². The van der Waals surface area contributed by atoms with E-state index in [-0.39, 0.29) is 36.5 Å². The second-order valence-corrected chi connectivity index (χ2v) is 6.83. The minimum absolute atomic E-state index is 0. The van der Waals surface area contributed by atoms with Crippen LogP contribution in [-0.2, 0) is 16.1 Å². The van der Waals surface area contributed by atoms with Crippen molar-refractivity contribution in [2.75, 3.05) is 31.1 Å². The number of hydrogen-bond acceptors (Lipinski definition) is 5. The number of imide groups is 1. The van der Waals surface area contributed by atoms with Crippen molar-refractivity contribution in [1.29, 1.82) is 0 Å². The molecule has 0 saturated carbocycles. The van der Waals surface area contributed by atoms with Crippen molar-refractivity contribution in [3.8, 4) is 0 Å². The number of rotatable bonds is 2. The van der Waals surface area contributed by atoms with Crippen LogP contribution >= 0.6 is 12.4 Å². The van der Waals surface area contributed by atoms with Gasteiger partial charge in [0.25, 0.3) is 5.91 Å². The zero-order valence-corrected chi connectivity index (χ0v) is 15.3. The van der Waals surface area contributed by atoms with Gasteiger partial charge in [-0.3, -0.25) is 19.7 Å². The molecular weight excluding hydrogens is 356 g/mol. The van der Waals surface area contributed by atoms with E-state index in [1.165, 1.54) is 0 Å². The fraction of sp³-hybridized carbons (Fsp3) is 0.500. The Kier molecular flexibility index (Phi) is 5.48. The van der Waals surface area contributed by atoms with E-state index in [2.05, 4.69) is 21.6 Å². The molecule has 4 rings (SSSR count). The van der Waals surface area contributed by atoms with E-state index in [1.54, 1.807) is 4.90 Å². The van der Waals surface area contributed by atoms with Crippen molar-refractivity contribution < 1.29 is 14.4 Å². The third kappa shape index (κ3) is 3.41. The molecule has 8 heteroatoms. The van der Waals surface area contributed by atoms with Crippen LogP contribution in [0.3, 0.4) is 0 Å². The molecule has 0 radical (unpaired) electrons. The Morgan fingerprint density at radius 2 is 1.92 bits per heavy atom. The van der Waals surface area contributed by atoms with Gasteiger partial charge in [-0.05, 0) is 43.1 Å². The quantitative estimate of drug-likeness (QED) is 0.739. The SMILES string of the molecule is Cl.O=C1CCC(N2Cc3cc(N4CCCNCC4)ccc3C2=O)C(=O)N1. The molecule has 2 saturated heterocycles. The third-order valence-electron chi connectivity index (χ3n) is 5.21. The summed E-state index contributed by atoms with van der Waals surface area (Å²) in [7, 11) is 0. The van der Waals surface area contributed by atoms with Crippen LogP contribution in [0, 0.1) is 0 Å². The third-order valence-corrected chi connectivity index (χ3v) is 5.21. The lowest BCUT2D eigenvalue weighted by molar-refractivity contribution is -0.136. The lowest BCUT2D eigenvalue weighted by atomic mass is 10.0. The Hall–Kier alpha value is -2.12. The van der Waals surface area contributed by atoms with Gasteiger partial charge in [-0.15, -0.1) is 12.4 Å². The van der Waals surface area contributed by atoms with Gasteiger partial charge < -0.3 is 15.1 Å². The molecule has 0 spiro atoms. The number of halogens is 1. The van der Waals surface area contributed by atoms with Crippen LogP contribution in [0.25, 0.3) is 0 Å². The molecule has 1 unspecified atom stereocenters. The number of benzene rings is 1. The molecule has 2 fully saturated rings. The monoisotopic (exact) mass is 378 g/mol. The molecule has 3 aliphatic rings. The van der Waals surface area contributed by atoms with Crippen molar-refractivity contribution >= 4 is 35.8 Å². The average Bonchev–Trinajstić information content (AvgIpc) is 2.78. The number of piperidine rings is 1. The molecule has 0 bridgehead atoms. The number of nitrogens with one attached hydrogen (secondary N) is 2. The van der Waals surface area contributed by atoms with E-state index < -0.39 is 6.04 Å². The Morgan fingerprint density at radius 3 is 2.73 bits per heavy atom. The van der Waals surface area contributed by atoms with Gasteiger partial charge in [0.15, 0.2) is 0 Å². The predicted octanol–water partition coefficient (Wildman–Crippen LogP) is 0.669. The maximum Gasteiger partial charge on any atom is 0.255 e. The molecule has 26 heavy (non-hydrogen) atoms. The summed E-state index contributed by atoms with van der Waals surface area (Å²) < 4.78 is 0. The van der Waals surface area contributed by atoms with Crippen LogP contribution in [0.15, 0.2) is 18.2 Å². The first-order valence-corrected chi connectivity index (χ1v) is 8.87. The van der Waals surface area contributed by atoms with E-state index in [1.807, 2.05) is 12.1 Å². The van der Waals surface area contributed by atoms with E-state index >= 15 is 0 Å². The predicted molar refractivity (Wildman–Crippen MR) is 99.4 cm³/mol. The highest BCUT2D eigenvalue weighted by Gasteiger charge is 2.39. The fourth-order valence-electron chi connectivity index (χ4n) is 3.86. The molecule has 3 amide bonds. The molecule has 140 valence electrons. The summed E-state index contributed by atoms with van der Waals surface area (Å²) in [6.45, 7) is 4.36. The highest BCUT2D eigenvalue weighted by atomic mass is 35.5. The summed E-state index contributed by atoms with van der Waals surface area (Å²) in [6.07, 6.45) is 1.77. The Morgan fingerprint density at radius 1 is 1.08 bits per heavy atom. The molecule has 3 heterocycles. The van der Waals surface area contributed by atoms with Gasteiger partial charge in [0.2, 0.25) is 11.8 Å². The topological polar surface area (TPSA) is 81.8 Å². The number of nitrogens with zero attached hydrogens (tertiary/aromatic N) is 2. The molecule has 2 N–H and O–H groups in total. The Bertz CT molecular complexity index is 731. The van der Waals surface area contributed by atoms with Crippen LogP contribution in [-0.4, -0.2) is 54.8 Å². The molecule has 3 aliphatic heterocycles. The zero-order chi connectivity index (χ0) is 17.4. The smallest absolute Gasteiger partial charge is 0.255 e. The van der Waals surface area contributed by atoms with E-state index in [9.17, 15) is 14.4 Å². The largest absolute Gasteiger partial charge is 0.370 e. The number of hydrogen-bond donors (Lipinski definition) is 2. The maximum absolute atomic E-state index is 12.7. The van der Waals surface area contributed by atoms with Gasteiger partial charge in [-0.2, -0.15) is 0 Å². The van der Waals surface area contributed by atoms with Gasteiger partial charge >= 0.3 is 0 Å². The second kappa shape index (κ2) is 7.63. The molecule has 7 nitrogen and oxygen atoms in total. The zero-order valence-electron chi connectivity index (χ0n) is 14.5. The molecule has 1 atom stereocenters. The van der Waals surface area contributed by atoms with Crippen molar-refractivity contribution in [3.05, 3.63) is 29.3 Å². The van der Waals surface area contributed by atoms with Crippen molar-refractivity contribution in [2.45, 2.75) is 31.8 Å². The van der Waals surface area contributed by atoms with Gasteiger partial charge in [0.1, 0.15) is 6.04 Å². The van der Waals surface area contributed by atoms with Crippen molar-refractivity contribution in [1.82, 2.24) is 15.5 Å². The average molecular weight is 379 g/mol. The fourth-order valence-corrected chi connectivity index (χ4v) is 3.86. The van der Waals surface area contributed by atoms with Crippen LogP contribution < -0.4 is 15.5 Å². The standard InChI is InChI=1S/C18H22N4O3.ClH/c23-16-5-4-15(17(24)20-16)22-11-12-10-13(2-3-14(12)18(22)25)21-8-1-6-19-7-9-21;/h2-3,10,15,19H,1,4-9,11H2,(H,20,23,24);1H. The molecule has 1 aromatic carbocycles. The Labute approximate surface area is 158 Å². The second-order valence-electron chi connectivity index (χ2n) is 6.83. The Balaban J connectivity index is 0.00000196. The molecular formula is C18H23ClN4O3. The lowest BCUT2D eigenvalue weighted by Gasteiger charge is -2.29.